The van der Waals surface area contributed by atoms with Crippen molar-refractivity contribution in [2.24, 2.45) is 5.41 Å². The highest BCUT2D eigenvalue weighted by Crippen LogP contribution is 2.47. The molecule has 0 aromatic heterocycles. The van der Waals surface area contributed by atoms with Crippen molar-refractivity contribution in [3.8, 4) is 29.4 Å². The summed E-state index contributed by atoms with van der Waals surface area (Å²) in [4.78, 5) is 0. The van der Waals surface area contributed by atoms with E-state index < -0.39 is 5.41 Å². The molecule has 0 spiro atoms. The third-order valence-corrected chi connectivity index (χ3v) is 5.11. The van der Waals surface area contributed by atoms with Crippen LogP contribution in [0.3, 0.4) is 0 Å². The Kier molecular flexibility index (Phi) is 4.79. The molecular formula is C22H20N2O3. The van der Waals surface area contributed by atoms with Gasteiger partial charge in [-0.05, 0) is 59.0 Å². The first-order valence-electron chi connectivity index (χ1n) is 8.47. The van der Waals surface area contributed by atoms with Crippen molar-refractivity contribution in [1.29, 1.82) is 10.5 Å². The highest BCUT2D eigenvalue weighted by molar-refractivity contribution is 5.88. The van der Waals surface area contributed by atoms with Crippen molar-refractivity contribution >= 4 is 5.57 Å². The standard InChI is InChI=1S/C22H20N2O3/c1-14-21(15-5-7-17(25-2)8-6-15)18-10-20(27-4)19(26-3)9-16(18)11-22(14,12-23)13-24/h5-10H,11H2,1-4H3. The van der Waals surface area contributed by atoms with Gasteiger partial charge in [0.15, 0.2) is 16.9 Å². The van der Waals surface area contributed by atoms with Gasteiger partial charge in [0.05, 0.1) is 33.5 Å². The molecule has 2 aromatic carbocycles. The smallest absolute Gasteiger partial charge is 0.169 e. The summed E-state index contributed by atoms with van der Waals surface area (Å²) < 4.78 is 16.1. The molecule has 5 heteroatoms. The van der Waals surface area contributed by atoms with Crippen LogP contribution in [-0.2, 0) is 6.42 Å². The SMILES string of the molecule is COc1ccc(C2=C(C)C(C#N)(C#N)Cc3cc(OC)c(OC)cc32)cc1. The fourth-order valence-corrected chi connectivity index (χ4v) is 3.54. The molecule has 1 aliphatic rings. The summed E-state index contributed by atoms with van der Waals surface area (Å²) in [6.45, 7) is 1.85. The molecule has 0 saturated carbocycles. The molecule has 2 aromatic rings. The van der Waals surface area contributed by atoms with Crippen LogP contribution in [-0.4, -0.2) is 21.3 Å². The zero-order valence-electron chi connectivity index (χ0n) is 15.8. The molecule has 0 unspecified atom stereocenters. The van der Waals surface area contributed by atoms with Crippen LogP contribution >= 0.6 is 0 Å². The van der Waals surface area contributed by atoms with Gasteiger partial charge in [0.1, 0.15) is 5.75 Å². The second-order valence-corrected chi connectivity index (χ2v) is 6.40. The topological polar surface area (TPSA) is 75.3 Å². The number of hydrogen-bond donors (Lipinski definition) is 0. The molecule has 0 radical (unpaired) electrons. The minimum atomic E-state index is -1.22. The van der Waals surface area contributed by atoms with Gasteiger partial charge >= 0.3 is 0 Å². The Morgan fingerprint density at radius 2 is 1.48 bits per heavy atom. The number of nitrogens with zero attached hydrogens (tertiary/aromatic N) is 2. The molecule has 0 heterocycles. The number of allylic oxidation sites excluding steroid dienone is 1. The van der Waals surface area contributed by atoms with Gasteiger partial charge in [0.2, 0.25) is 0 Å². The minimum Gasteiger partial charge on any atom is -0.497 e. The van der Waals surface area contributed by atoms with Crippen molar-refractivity contribution in [3.05, 3.63) is 58.7 Å². The molecule has 0 atom stereocenters. The molecule has 0 amide bonds. The Morgan fingerprint density at radius 1 is 0.889 bits per heavy atom. The summed E-state index contributed by atoms with van der Waals surface area (Å²) in [6.07, 6.45) is 0.307. The van der Waals surface area contributed by atoms with E-state index in [-0.39, 0.29) is 0 Å². The molecule has 3 rings (SSSR count). The number of rotatable bonds is 4. The van der Waals surface area contributed by atoms with Gasteiger partial charge in [-0.1, -0.05) is 12.1 Å². The largest absolute Gasteiger partial charge is 0.497 e. The first-order chi connectivity index (χ1) is 13.0. The van der Waals surface area contributed by atoms with Gasteiger partial charge < -0.3 is 14.2 Å². The average Bonchev–Trinajstić information content (AvgIpc) is 2.72. The van der Waals surface area contributed by atoms with E-state index in [2.05, 4.69) is 12.1 Å². The number of hydrogen-bond acceptors (Lipinski definition) is 5. The van der Waals surface area contributed by atoms with Crippen LogP contribution in [0.4, 0.5) is 0 Å². The van der Waals surface area contributed by atoms with Crippen LogP contribution in [0.5, 0.6) is 17.2 Å². The Balaban J connectivity index is 2.33. The van der Waals surface area contributed by atoms with Crippen LogP contribution in [0.1, 0.15) is 23.6 Å². The van der Waals surface area contributed by atoms with Gasteiger partial charge in [-0.2, -0.15) is 10.5 Å². The lowest BCUT2D eigenvalue weighted by atomic mass is 9.68. The maximum Gasteiger partial charge on any atom is 0.169 e. The Hall–Kier alpha value is -3.44. The zero-order chi connectivity index (χ0) is 19.6. The summed E-state index contributed by atoms with van der Waals surface area (Å²) in [5.41, 5.74) is 3.11. The van der Waals surface area contributed by atoms with E-state index in [9.17, 15) is 10.5 Å². The number of methoxy groups -OCH3 is 3. The summed E-state index contributed by atoms with van der Waals surface area (Å²) in [5.74, 6) is 1.93. The van der Waals surface area contributed by atoms with Gasteiger partial charge in [0.25, 0.3) is 0 Å². The fraction of sp³-hybridized carbons (Fsp3) is 0.273. The monoisotopic (exact) mass is 360 g/mol. The zero-order valence-corrected chi connectivity index (χ0v) is 15.8. The predicted octanol–water partition coefficient (Wildman–Crippen LogP) is 4.12. The van der Waals surface area contributed by atoms with Crippen molar-refractivity contribution in [1.82, 2.24) is 0 Å². The molecule has 0 fully saturated rings. The van der Waals surface area contributed by atoms with Gasteiger partial charge in [-0.15, -0.1) is 0 Å². The molecule has 0 N–H and O–H groups in total. The normalized spacial score (nSPS) is 14.6. The molecule has 136 valence electrons. The lowest BCUT2D eigenvalue weighted by Crippen LogP contribution is -2.27. The first kappa shape index (κ1) is 18.4. The van der Waals surface area contributed by atoms with Crippen molar-refractivity contribution in [3.63, 3.8) is 0 Å². The third-order valence-electron chi connectivity index (χ3n) is 5.11. The predicted molar refractivity (Wildman–Crippen MR) is 102 cm³/mol. The molecule has 27 heavy (non-hydrogen) atoms. The maximum atomic E-state index is 9.83. The highest BCUT2D eigenvalue weighted by Gasteiger charge is 2.40. The van der Waals surface area contributed by atoms with E-state index in [0.717, 1.165) is 33.6 Å². The van der Waals surface area contributed by atoms with Crippen LogP contribution in [0.25, 0.3) is 5.57 Å². The van der Waals surface area contributed by atoms with Crippen LogP contribution in [0.15, 0.2) is 42.0 Å². The van der Waals surface area contributed by atoms with Crippen molar-refractivity contribution < 1.29 is 14.2 Å². The quantitative estimate of drug-likeness (QED) is 0.820. The average molecular weight is 360 g/mol. The van der Waals surface area contributed by atoms with Crippen LogP contribution in [0, 0.1) is 28.1 Å². The van der Waals surface area contributed by atoms with Gasteiger partial charge in [0, 0.05) is 6.42 Å². The van der Waals surface area contributed by atoms with Crippen molar-refractivity contribution in [2.45, 2.75) is 13.3 Å². The fourth-order valence-electron chi connectivity index (χ4n) is 3.54. The second-order valence-electron chi connectivity index (χ2n) is 6.40. The summed E-state index contributed by atoms with van der Waals surface area (Å²) in [5, 5.41) is 19.7. The molecule has 0 saturated heterocycles. The van der Waals surface area contributed by atoms with Gasteiger partial charge in [-0.25, -0.2) is 0 Å². The molecule has 0 bridgehead atoms. The maximum absolute atomic E-state index is 9.83. The third kappa shape index (κ3) is 2.88. The molecule has 5 nitrogen and oxygen atoms in total. The lowest BCUT2D eigenvalue weighted by Gasteiger charge is -2.31. The van der Waals surface area contributed by atoms with Crippen LogP contribution < -0.4 is 14.2 Å². The highest BCUT2D eigenvalue weighted by atomic mass is 16.5. The van der Waals surface area contributed by atoms with Gasteiger partial charge in [-0.3, -0.25) is 0 Å². The number of nitriles is 2. The summed E-state index contributed by atoms with van der Waals surface area (Å²) in [7, 11) is 4.77. The van der Waals surface area contributed by atoms with E-state index in [1.165, 1.54) is 0 Å². The van der Waals surface area contributed by atoms with Crippen LogP contribution in [0.2, 0.25) is 0 Å². The Morgan fingerprint density at radius 3 is 2.00 bits per heavy atom. The molecule has 0 aliphatic heterocycles. The summed E-state index contributed by atoms with van der Waals surface area (Å²) in [6, 6.07) is 15.8. The number of fused-ring (bicyclic) bond motifs is 1. The molecule has 1 aliphatic carbocycles. The van der Waals surface area contributed by atoms with E-state index in [1.807, 2.05) is 43.3 Å². The Bertz CT molecular complexity index is 978. The first-order valence-corrected chi connectivity index (χ1v) is 8.47. The molecular weight excluding hydrogens is 340 g/mol. The minimum absolute atomic E-state index is 0.307. The van der Waals surface area contributed by atoms with E-state index in [1.54, 1.807) is 21.3 Å². The van der Waals surface area contributed by atoms with E-state index in [4.69, 9.17) is 14.2 Å². The Labute approximate surface area is 159 Å². The second kappa shape index (κ2) is 7.05. The van der Waals surface area contributed by atoms with Crippen molar-refractivity contribution in [2.75, 3.05) is 21.3 Å². The number of benzene rings is 2. The van der Waals surface area contributed by atoms with E-state index in [0.29, 0.717) is 17.9 Å². The summed E-state index contributed by atoms with van der Waals surface area (Å²) >= 11 is 0. The lowest BCUT2D eigenvalue weighted by molar-refractivity contribution is 0.354. The number of ether oxygens (including phenoxy) is 3. The van der Waals surface area contributed by atoms with E-state index >= 15 is 0 Å².